The van der Waals surface area contributed by atoms with Gasteiger partial charge in [0.15, 0.2) is 0 Å². The van der Waals surface area contributed by atoms with Crippen molar-refractivity contribution in [2.45, 2.75) is 50.5 Å². The smallest absolute Gasteiger partial charge is 0.452 e. The maximum atomic E-state index is 15.3. The molecule has 3 amide bonds. The predicted molar refractivity (Wildman–Crippen MR) is 159 cm³/mol. The number of rotatable bonds is 13. The summed E-state index contributed by atoms with van der Waals surface area (Å²) in [5.41, 5.74) is -0.780. The van der Waals surface area contributed by atoms with Gasteiger partial charge >= 0.3 is 12.1 Å². The highest BCUT2D eigenvalue weighted by atomic mass is 35.5. The minimum atomic E-state index is -5.30. The molecule has 0 unspecified atom stereocenters. The van der Waals surface area contributed by atoms with Crippen molar-refractivity contribution in [1.82, 2.24) is 16.0 Å². The van der Waals surface area contributed by atoms with Crippen molar-refractivity contribution in [1.29, 1.82) is 0 Å². The van der Waals surface area contributed by atoms with E-state index in [4.69, 9.17) is 16.3 Å². The zero-order valence-electron chi connectivity index (χ0n) is 25.1. The molecule has 8 nitrogen and oxygen atoms in total. The minimum absolute atomic E-state index is 0.00385. The number of hydrogen-bond acceptors (Lipinski definition) is 5. The third-order valence-electron chi connectivity index (χ3n) is 6.97. The molecule has 0 heterocycles. The van der Waals surface area contributed by atoms with E-state index in [2.05, 4.69) is 5.32 Å². The van der Waals surface area contributed by atoms with Gasteiger partial charge in [0, 0.05) is 12.0 Å². The third-order valence-corrected chi connectivity index (χ3v) is 7.30. The summed E-state index contributed by atoms with van der Waals surface area (Å²) in [6.07, 6.45) is -5.85. The van der Waals surface area contributed by atoms with Crippen molar-refractivity contribution >= 4 is 35.1 Å². The molecule has 0 aliphatic carbocycles. The normalized spacial score (nSPS) is 13.7. The Morgan fingerprint density at radius 2 is 1.47 bits per heavy atom. The molecular formula is C32H30ClF6N3O5. The Kier molecular flexibility index (Phi) is 12.0. The number of alkyl halides is 5. The molecule has 3 aromatic rings. The lowest BCUT2D eigenvalue weighted by atomic mass is 9.97. The lowest BCUT2D eigenvalue weighted by Crippen LogP contribution is -2.56. The second kappa shape index (κ2) is 15.3. The fraction of sp³-hybridized carbons (Fsp3) is 0.312. The SMILES string of the molecule is COc1ccc([C@H](NC(=O)[C@H](Cc2cccc(F)c2)NC(=O)C(F)(F)c2ccccc2Cl)C(=O)N[C@H](C(=O)C(F)(F)F)C(C)C)cc1. The topological polar surface area (TPSA) is 114 Å². The van der Waals surface area contributed by atoms with E-state index in [1.54, 1.807) is 0 Å². The van der Waals surface area contributed by atoms with Gasteiger partial charge in [0.1, 0.15) is 23.7 Å². The lowest BCUT2D eigenvalue weighted by Gasteiger charge is -2.28. The molecule has 0 aliphatic rings. The summed E-state index contributed by atoms with van der Waals surface area (Å²) in [5, 5.41) is 5.77. The van der Waals surface area contributed by atoms with Crippen molar-refractivity contribution in [2.24, 2.45) is 5.92 Å². The Morgan fingerprint density at radius 1 is 0.830 bits per heavy atom. The number of halogens is 7. The third kappa shape index (κ3) is 9.47. The van der Waals surface area contributed by atoms with Crippen molar-refractivity contribution < 1.29 is 50.3 Å². The zero-order valence-corrected chi connectivity index (χ0v) is 25.9. The van der Waals surface area contributed by atoms with Crippen LogP contribution >= 0.6 is 11.6 Å². The van der Waals surface area contributed by atoms with E-state index in [1.807, 2.05) is 10.6 Å². The summed E-state index contributed by atoms with van der Waals surface area (Å²) in [5.74, 6) is -12.4. The Labute approximate surface area is 270 Å². The molecule has 0 fully saturated rings. The molecule has 47 heavy (non-hydrogen) atoms. The Balaban J connectivity index is 2.01. The van der Waals surface area contributed by atoms with Gasteiger partial charge in [-0.1, -0.05) is 67.9 Å². The largest absolute Gasteiger partial charge is 0.497 e. The number of ether oxygens (including phenoxy) is 1. The van der Waals surface area contributed by atoms with Gasteiger partial charge in [-0.2, -0.15) is 22.0 Å². The van der Waals surface area contributed by atoms with E-state index in [9.17, 15) is 36.7 Å². The molecule has 0 aliphatic heterocycles. The predicted octanol–water partition coefficient (Wildman–Crippen LogP) is 5.44. The van der Waals surface area contributed by atoms with E-state index < -0.39 is 82.5 Å². The molecule has 0 saturated heterocycles. The fourth-order valence-electron chi connectivity index (χ4n) is 4.48. The first-order valence-corrected chi connectivity index (χ1v) is 14.4. The average molecular weight is 686 g/mol. The van der Waals surface area contributed by atoms with E-state index in [1.165, 1.54) is 69.5 Å². The van der Waals surface area contributed by atoms with Crippen LogP contribution in [0.4, 0.5) is 26.3 Å². The minimum Gasteiger partial charge on any atom is -0.497 e. The number of nitrogens with one attached hydrogen (secondary N) is 3. The van der Waals surface area contributed by atoms with Crippen molar-refractivity contribution in [3.05, 3.63) is 100 Å². The quantitative estimate of drug-likeness (QED) is 0.208. The number of benzene rings is 3. The first kappa shape index (κ1) is 36.9. The van der Waals surface area contributed by atoms with Crippen LogP contribution in [0.5, 0.6) is 5.75 Å². The van der Waals surface area contributed by atoms with E-state index in [-0.39, 0.29) is 11.1 Å². The van der Waals surface area contributed by atoms with E-state index >= 15 is 8.78 Å². The van der Waals surface area contributed by atoms with Crippen LogP contribution in [0.2, 0.25) is 5.02 Å². The van der Waals surface area contributed by atoms with Crippen LogP contribution in [0.15, 0.2) is 72.8 Å². The van der Waals surface area contributed by atoms with Gasteiger partial charge < -0.3 is 20.7 Å². The first-order chi connectivity index (χ1) is 21.9. The van der Waals surface area contributed by atoms with Gasteiger partial charge in [-0.05, 0) is 47.4 Å². The summed E-state index contributed by atoms with van der Waals surface area (Å²) < 4.78 is 89.5. The monoisotopic (exact) mass is 685 g/mol. The maximum absolute atomic E-state index is 15.3. The summed E-state index contributed by atoms with van der Waals surface area (Å²) in [6, 6.07) is 8.93. The van der Waals surface area contributed by atoms with Crippen LogP contribution in [0.3, 0.4) is 0 Å². The molecule has 3 N–H and O–H groups in total. The molecule has 3 rings (SSSR count). The molecule has 3 aromatic carbocycles. The number of methoxy groups -OCH3 is 1. The highest BCUT2D eigenvalue weighted by Crippen LogP contribution is 2.34. The Hall–Kier alpha value is -4.59. The van der Waals surface area contributed by atoms with Crippen LogP contribution in [0.1, 0.15) is 36.6 Å². The van der Waals surface area contributed by atoms with Crippen molar-refractivity contribution in [2.75, 3.05) is 7.11 Å². The number of hydrogen-bond donors (Lipinski definition) is 3. The van der Waals surface area contributed by atoms with Gasteiger partial charge in [0.25, 0.3) is 11.7 Å². The first-order valence-electron chi connectivity index (χ1n) is 14.0. The van der Waals surface area contributed by atoms with Crippen LogP contribution < -0.4 is 20.7 Å². The maximum Gasteiger partial charge on any atom is 0.452 e. The summed E-state index contributed by atoms with van der Waals surface area (Å²) >= 11 is 5.88. The number of Topliss-reactive ketones (excluding diaryl/α,β-unsaturated/α-hetero) is 1. The Morgan fingerprint density at radius 3 is 2.02 bits per heavy atom. The summed E-state index contributed by atoms with van der Waals surface area (Å²) in [6.45, 7) is 2.53. The van der Waals surface area contributed by atoms with Gasteiger partial charge in [0.2, 0.25) is 11.8 Å². The second-order valence-electron chi connectivity index (χ2n) is 10.7. The van der Waals surface area contributed by atoms with Gasteiger partial charge in [-0.25, -0.2) is 4.39 Å². The summed E-state index contributed by atoms with van der Waals surface area (Å²) in [7, 11) is 1.34. The van der Waals surface area contributed by atoms with Crippen LogP contribution in [0, 0.1) is 11.7 Å². The fourth-order valence-corrected chi connectivity index (χ4v) is 4.74. The van der Waals surface area contributed by atoms with Gasteiger partial charge in [-0.3, -0.25) is 19.2 Å². The number of carbonyl (C=O) groups excluding carboxylic acids is 4. The zero-order chi connectivity index (χ0) is 35.1. The highest BCUT2D eigenvalue weighted by Gasteiger charge is 2.46. The summed E-state index contributed by atoms with van der Waals surface area (Å²) in [4.78, 5) is 52.2. The Bertz CT molecular complexity index is 1600. The lowest BCUT2D eigenvalue weighted by molar-refractivity contribution is -0.175. The van der Waals surface area contributed by atoms with E-state index in [0.717, 1.165) is 24.3 Å². The van der Waals surface area contributed by atoms with Gasteiger partial charge in [-0.15, -0.1) is 0 Å². The molecule has 0 bridgehead atoms. The standard InChI is InChI=1S/C32H30ClF6N3O5/c1-17(2)25(27(43)32(37,38)39)41-29(45)26(19-11-13-21(47-3)14-12-19)42-28(44)24(16-18-7-6-8-20(34)15-18)40-30(46)31(35,36)22-9-4-5-10-23(22)33/h4-15,17,24-26H,16H2,1-3H3,(H,40,46)(H,41,45)(H,42,44)/t24-,25-,26-/m0/s1. The van der Waals surface area contributed by atoms with E-state index in [0.29, 0.717) is 5.75 Å². The molecule has 3 atom stereocenters. The van der Waals surface area contributed by atoms with Crippen molar-refractivity contribution in [3.63, 3.8) is 0 Å². The number of carbonyl (C=O) groups is 4. The molecule has 15 heteroatoms. The number of ketones is 1. The average Bonchev–Trinajstić information content (AvgIpc) is 3.01. The van der Waals surface area contributed by atoms with Crippen LogP contribution in [-0.4, -0.2) is 48.9 Å². The highest BCUT2D eigenvalue weighted by molar-refractivity contribution is 6.31. The van der Waals surface area contributed by atoms with Crippen LogP contribution in [-0.2, 0) is 31.5 Å². The molecule has 0 saturated carbocycles. The molecular weight excluding hydrogens is 656 g/mol. The molecule has 252 valence electrons. The second-order valence-corrected chi connectivity index (χ2v) is 11.1. The molecule has 0 spiro atoms. The molecule has 0 radical (unpaired) electrons. The van der Waals surface area contributed by atoms with Crippen molar-refractivity contribution in [3.8, 4) is 5.75 Å². The molecule has 0 aromatic heterocycles. The van der Waals surface area contributed by atoms with Crippen LogP contribution in [0.25, 0.3) is 0 Å². The number of amides is 3. The van der Waals surface area contributed by atoms with Gasteiger partial charge in [0.05, 0.1) is 18.2 Å².